The molecule has 0 saturated carbocycles. The van der Waals surface area contributed by atoms with Crippen molar-refractivity contribution in [3.63, 3.8) is 0 Å². The zero-order chi connectivity index (χ0) is 29.3. The van der Waals surface area contributed by atoms with Gasteiger partial charge in [0.15, 0.2) is 23.4 Å². The maximum Gasteiger partial charge on any atom is 0.221 e. The lowest BCUT2D eigenvalue weighted by molar-refractivity contribution is 0.0194. The molecule has 6 rings (SSSR count). The van der Waals surface area contributed by atoms with Gasteiger partial charge in [-0.05, 0) is 29.1 Å². The van der Waals surface area contributed by atoms with E-state index in [-0.39, 0.29) is 75.0 Å². The largest absolute Gasteiger partial charge is 0.508 e. The summed E-state index contributed by atoms with van der Waals surface area (Å²) in [6.45, 7) is 0. The molecule has 0 saturated heterocycles. The van der Waals surface area contributed by atoms with Gasteiger partial charge in [-0.1, -0.05) is 0 Å². The van der Waals surface area contributed by atoms with Gasteiger partial charge in [-0.2, -0.15) is 0 Å². The normalized spacial score (nSPS) is 21.4. The number of rotatable bonds is 2. The molecule has 4 atom stereocenters. The van der Waals surface area contributed by atoms with Gasteiger partial charge in [0, 0.05) is 53.8 Å². The molecule has 2 heterocycles. The second kappa shape index (κ2) is 9.25. The fourth-order valence-corrected chi connectivity index (χ4v) is 5.52. The molecule has 212 valence electrons. The molecule has 0 spiro atoms. The van der Waals surface area contributed by atoms with Crippen molar-refractivity contribution in [2.75, 3.05) is 0 Å². The van der Waals surface area contributed by atoms with Crippen molar-refractivity contribution in [2.45, 2.75) is 37.3 Å². The minimum atomic E-state index is -1.33. The van der Waals surface area contributed by atoms with E-state index in [0.29, 0.717) is 0 Å². The summed E-state index contributed by atoms with van der Waals surface area (Å²) in [7, 11) is 0. The summed E-state index contributed by atoms with van der Waals surface area (Å²) in [6.07, 6.45) is -5.41. The van der Waals surface area contributed by atoms with E-state index >= 15 is 0 Å². The van der Waals surface area contributed by atoms with Crippen molar-refractivity contribution in [3.8, 4) is 51.7 Å². The van der Waals surface area contributed by atoms with Crippen LogP contribution in [-0.2, 0) is 12.8 Å². The molecule has 4 aromatic carbocycles. The number of aliphatic hydroxyl groups is 2. The highest BCUT2D eigenvalue weighted by molar-refractivity contribution is 5.97. The van der Waals surface area contributed by atoms with Crippen molar-refractivity contribution in [2.24, 2.45) is 0 Å². The smallest absolute Gasteiger partial charge is 0.221 e. The predicted molar refractivity (Wildman–Crippen MR) is 141 cm³/mol. The highest BCUT2D eigenvalue weighted by Crippen LogP contribution is 2.48. The van der Waals surface area contributed by atoms with Crippen LogP contribution in [0.4, 0.5) is 0 Å². The lowest BCUT2D eigenvalue weighted by atomic mass is 9.90. The first kappa shape index (κ1) is 26.2. The van der Waals surface area contributed by atoms with Crippen LogP contribution in [0.25, 0.3) is 10.8 Å². The first-order valence-electron chi connectivity index (χ1n) is 12.5. The summed E-state index contributed by atoms with van der Waals surface area (Å²) in [5.41, 5.74) is -0.502. The van der Waals surface area contributed by atoms with Crippen LogP contribution in [0, 0.1) is 0 Å². The van der Waals surface area contributed by atoms with Gasteiger partial charge in [-0.3, -0.25) is 4.79 Å². The summed E-state index contributed by atoms with van der Waals surface area (Å²) in [5, 5.41) is 93.7. The van der Waals surface area contributed by atoms with Gasteiger partial charge in [0.1, 0.15) is 40.6 Å². The number of fused-ring (bicyclic) bond motifs is 3. The molecule has 0 fully saturated rings. The number of aromatic hydroxyl groups is 7. The third kappa shape index (κ3) is 4.20. The molecule has 0 radical (unpaired) electrons. The monoisotopic (exact) mass is 564 g/mol. The summed E-state index contributed by atoms with van der Waals surface area (Å²) in [5.74, 6) is -3.63. The van der Waals surface area contributed by atoms with E-state index in [4.69, 9.17) is 9.47 Å². The SMILES string of the molecule is O=c1cc([C@H]2Oc3cc(O)cc(O)c3C[C@@H]2O)cc2c([C@@H]3Oc4cc(O)cc(O)c4C[C@@H]3O)cc(O)c(O)c2c1O. The molecule has 2 aliphatic heterocycles. The summed E-state index contributed by atoms with van der Waals surface area (Å²) < 4.78 is 11.8. The van der Waals surface area contributed by atoms with Crippen molar-refractivity contribution >= 4 is 10.8 Å². The first-order valence-corrected chi connectivity index (χ1v) is 12.5. The van der Waals surface area contributed by atoms with Gasteiger partial charge in [0.25, 0.3) is 0 Å². The quantitative estimate of drug-likeness (QED) is 0.160. The lowest BCUT2D eigenvalue weighted by Gasteiger charge is -2.32. The van der Waals surface area contributed by atoms with Crippen molar-refractivity contribution < 1.29 is 55.4 Å². The first-order chi connectivity index (χ1) is 19.4. The van der Waals surface area contributed by atoms with E-state index in [1.165, 1.54) is 18.2 Å². The van der Waals surface area contributed by atoms with Crippen LogP contribution in [0.1, 0.15) is 34.5 Å². The number of phenols is 6. The fraction of sp³-hybridized carbons (Fsp3) is 0.207. The number of phenolic OH excluding ortho intramolecular Hbond substituents is 6. The van der Waals surface area contributed by atoms with Crippen LogP contribution in [0.5, 0.6) is 51.7 Å². The van der Waals surface area contributed by atoms with E-state index in [1.807, 2.05) is 0 Å². The molecule has 41 heavy (non-hydrogen) atoms. The number of benzene rings is 3. The number of hydrogen-bond acceptors (Lipinski definition) is 12. The van der Waals surface area contributed by atoms with Crippen LogP contribution >= 0.6 is 0 Å². The van der Waals surface area contributed by atoms with Crippen LogP contribution < -0.4 is 14.9 Å². The minimum absolute atomic E-state index is 0.0180. The second-order valence-corrected chi connectivity index (χ2v) is 10.1. The Kier molecular flexibility index (Phi) is 5.90. The third-order valence-corrected chi connectivity index (χ3v) is 7.44. The van der Waals surface area contributed by atoms with Gasteiger partial charge in [0.05, 0.1) is 17.6 Å². The van der Waals surface area contributed by atoms with Crippen LogP contribution in [0.3, 0.4) is 0 Å². The Hall–Kier alpha value is -5.07. The lowest BCUT2D eigenvalue weighted by Crippen LogP contribution is -2.31. The van der Waals surface area contributed by atoms with Gasteiger partial charge < -0.3 is 55.4 Å². The highest BCUT2D eigenvalue weighted by atomic mass is 16.5. The molecule has 0 aliphatic carbocycles. The zero-order valence-corrected chi connectivity index (χ0v) is 21.0. The molecule has 2 aliphatic rings. The molecule has 0 unspecified atom stereocenters. The van der Waals surface area contributed by atoms with E-state index in [0.717, 1.165) is 24.3 Å². The fourth-order valence-electron chi connectivity index (χ4n) is 5.52. The number of hydrogen-bond donors (Lipinski definition) is 9. The molecular formula is C29H24O12. The van der Waals surface area contributed by atoms with E-state index in [1.54, 1.807) is 0 Å². The van der Waals surface area contributed by atoms with Gasteiger partial charge in [0.2, 0.25) is 5.43 Å². The molecule has 0 amide bonds. The van der Waals surface area contributed by atoms with E-state index in [2.05, 4.69) is 0 Å². The Labute approximate surface area is 230 Å². The Bertz CT molecular complexity index is 1800. The van der Waals surface area contributed by atoms with Crippen molar-refractivity contribution in [1.29, 1.82) is 0 Å². The van der Waals surface area contributed by atoms with Gasteiger partial charge in [-0.15, -0.1) is 0 Å². The number of aliphatic hydroxyl groups excluding tert-OH is 2. The Morgan fingerprint density at radius 1 is 0.610 bits per heavy atom. The second-order valence-electron chi connectivity index (χ2n) is 10.1. The van der Waals surface area contributed by atoms with Crippen molar-refractivity contribution in [3.05, 3.63) is 74.9 Å². The van der Waals surface area contributed by atoms with Gasteiger partial charge >= 0.3 is 0 Å². The standard InChI is InChI=1S/C29H24O12/c30-11-3-17(32)15-8-21(36)28(40-23(15)5-11)10-1-13-14(7-20(35)27(39)25(13)26(38)19(34)2-10)29-22(37)9-16-18(33)4-12(31)6-24(16)41-29/h1-7,21-22,28-33,35-37,39H,8-9H2,(H,34,38)/t21-,22-,28+,29-/m0/s1. The number of ether oxygens (including phenoxy) is 2. The third-order valence-electron chi connectivity index (χ3n) is 7.44. The average molecular weight is 564 g/mol. The molecule has 4 aromatic rings. The molecule has 0 aromatic heterocycles. The predicted octanol–water partition coefficient (Wildman–Crippen LogP) is 2.21. The van der Waals surface area contributed by atoms with Gasteiger partial charge in [-0.25, -0.2) is 0 Å². The minimum Gasteiger partial charge on any atom is -0.508 e. The molecule has 9 N–H and O–H groups in total. The maximum absolute atomic E-state index is 13.0. The summed E-state index contributed by atoms with van der Waals surface area (Å²) in [4.78, 5) is 13.0. The highest BCUT2D eigenvalue weighted by Gasteiger charge is 2.36. The van der Waals surface area contributed by atoms with Crippen LogP contribution in [-0.4, -0.2) is 58.2 Å². The Balaban J connectivity index is 1.56. The Morgan fingerprint density at radius 3 is 1.73 bits per heavy atom. The topological polar surface area (TPSA) is 218 Å². The van der Waals surface area contributed by atoms with E-state index < -0.39 is 52.5 Å². The van der Waals surface area contributed by atoms with E-state index in [9.17, 15) is 50.8 Å². The average Bonchev–Trinajstić information content (AvgIpc) is 3.03. The summed E-state index contributed by atoms with van der Waals surface area (Å²) in [6, 6.07) is 8.00. The zero-order valence-electron chi connectivity index (χ0n) is 21.0. The maximum atomic E-state index is 13.0. The molecule has 12 heteroatoms. The van der Waals surface area contributed by atoms with Crippen LogP contribution in [0.2, 0.25) is 0 Å². The summed E-state index contributed by atoms with van der Waals surface area (Å²) >= 11 is 0. The van der Waals surface area contributed by atoms with Crippen LogP contribution in [0.15, 0.2) is 47.3 Å². The molecule has 12 nitrogen and oxygen atoms in total. The molecular weight excluding hydrogens is 540 g/mol. The van der Waals surface area contributed by atoms with Crippen molar-refractivity contribution in [1.82, 2.24) is 0 Å². The Morgan fingerprint density at radius 2 is 1.15 bits per heavy atom. The molecule has 0 bridgehead atoms.